The monoisotopic (exact) mass is 342 g/mol. The highest BCUT2D eigenvalue weighted by molar-refractivity contribution is 5.96. The number of hydrogen-bond acceptors (Lipinski definition) is 2. The van der Waals surface area contributed by atoms with E-state index in [2.05, 4.69) is 59.9 Å². The van der Waals surface area contributed by atoms with Gasteiger partial charge in [-0.3, -0.25) is 4.79 Å². The van der Waals surface area contributed by atoms with E-state index in [9.17, 15) is 4.79 Å². The van der Waals surface area contributed by atoms with Crippen LogP contribution in [-0.2, 0) is 17.6 Å². The summed E-state index contributed by atoms with van der Waals surface area (Å²) in [6, 6.07) is 21.5. The molecule has 1 N–H and O–H groups in total. The van der Waals surface area contributed by atoms with Crippen LogP contribution in [0, 0.1) is 0 Å². The number of nitrogens with zero attached hydrogens (tertiary/aromatic N) is 1. The largest absolute Gasteiger partial charge is 0.311 e. The fourth-order valence-corrected chi connectivity index (χ4v) is 4.52. The van der Waals surface area contributed by atoms with Crippen molar-refractivity contribution in [3.8, 4) is 0 Å². The van der Waals surface area contributed by atoms with Gasteiger partial charge in [-0.05, 0) is 52.8 Å². The smallest absolute Gasteiger partial charge is 0.240 e. The standard InChI is InChI=1S/C23H22N2O/c26-22(25-13-5-10-16-6-1-2-12-21(16)25)15-24-20-14-18-9-3-7-17-8-4-11-19(20)23(17)18/h1-4,6-9,11-12,20,24H,5,10,13-15H2. The van der Waals surface area contributed by atoms with E-state index in [-0.39, 0.29) is 11.9 Å². The molecule has 3 aromatic rings. The van der Waals surface area contributed by atoms with Gasteiger partial charge in [-0.25, -0.2) is 0 Å². The second-order valence-electron chi connectivity index (χ2n) is 7.28. The Labute approximate surface area is 153 Å². The molecular weight excluding hydrogens is 320 g/mol. The number of rotatable bonds is 3. The highest BCUT2D eigenvalue weighted by Gasteiger charge is 2.26. The number of anilines is 1. The summed E-state index contributed by atoms with van der Waals surface area (Å²) < 4.78 is 0. The molecule has 1 heterocycles. The van der Waals surface area contributed by atoms with E-state index in [1.807, 2.05) is 11.0 Å². The van der Waals surface area contributed by atoms with Crippen molar-refractivity contribution in [2.75, 3.05) is 18.0 Å². The van der Waals surface area contributed by atoms with Gasteiger partial charge in [0.1, 0.15) is 0 Å². The maximum atomic E-state index is 12.9. The van der Waals surface area contributed by atoms with Gasteiger partial charge in [0.15, 0.2) is 0 Å². The summed E-state index contributed by atoms with van der Waals surface area (Å²) in [4.78, 5) is 14.8. The molecule has 3 nitrogen and oxygen atoms in total. The maximum absolute atomic E-state index is 12.9. The molecule has 2 aliphatic rings. The number of benzene rings is 3. The third-order valence-corrected chi connectivity index (χ3v) is 5.73. The Kier molecular flexibility index (Phi) is 3.75. The summed E-state index contributed by atoms with van der Waals surface area (Å²) in [6.07, 6.45) is 3.06. The van der Waals surface area contributed by atoms with E-state index in [0.29, 0.717) is 6.54 Å². The SMILES string of the molecule is O=C(CNC1Cc2cccc3cccc1c23)N1CCCc2ccccc21. The molecule has 5 rings (SSSR count). The first-order valence-corrected chi connectivity index (χ1v) is 9.43. The first kappa shape index (κ1) is 15.6. The molecule has 0 saturated heterocycles. The molecule has 0 radical (unpaired) electrons. The number of amides is 1. The van der Waals surface area contributed by atoms with Gasteiger partial charge in [-0.2, -0.15) is 0 Å². The minimum atomic E-state index is 0.167. The van der Waals surface area contributed by atoms with Gasteiger partial charge in [0.25, 0.3) is 0 Å². The molecule has 1 amide bonds. The van der Waals surface area contributed by atoms with E-state index in [4.69, 9.17) is 0 Å². The predicted octanol–water partition coefficient (Wildman–Crippen LogP) is 4.01. The van der Waals surface area contributed by atoms with E-state index in [0.717, 1.165) is 31.5 Å². The number of fused-ring (bicyclic) bond motifs is 1. The Morgan fingerprint density at radius 2 is 1.81 bits per heavy atom. The minimum absolute atomic E-state index is 0.167. The van der Waals surface area contributed by atoms with E-state index in [1.54, 1.807) is 0 Å². The second-order valence-corrected chi connectivity index (χ2v) is 7.28. The molecule has 1 atom stereocenters. The Morgan fingerprint density at radius 3 is 2.73 bits per heavy atom. The summed E-state index contributed by atoms with van der Waals surface area (Å²) >= 11 is 0. The third kappa shape index (κ3) is 2.51. The molecule has 130 valence electrons. The zero-order valence-electron chi connectivity index (χ0n) is 14.7. The van der Waals surface area contributed by atoms with Gasteiger partial charge >= 0.3 is 0 Å². The van der Waals surface area contributed by atoms with Crippen LogP contribution in [0.2, 0.25) is 0 Å². The van der Waals surface area contributed by atoms with Crippen molar-refractivity contribution in [2.24, 2.45) is 0 Å². The fraction of sp³-hybridized carbons (Fsp3) is 0.261. The average Bonchev–Trinajstić information content (AvgIpc) is 3.06. The quantitative estimate of drug-likeness (QED) is 0.780. The van der Waals surface area contributed by atoms with Gasteiger partial charge in [0, 0.05) is 18.3 Å². The second kappa shape index (κ2) is 6.26. The van der Waals surface area contributed by atoms with Gasteiger partial charge in [0.05, 0.1) is 6.54 Å². The van der Waals surface area contributed by atoms with Crippen LogP contribution < -0.4 is 10.2 Å². The molecular formula is C23H22N2O. The van der Waals surface area contributed by atoms with Gasteiger partial charge < -0.3 is 10.2 Å². The number of carbonyl (C=O) groups excluding carboxylic acids is 1. The van der Waals surface area contributed by atoms with E-state index in [1.165, 1.54) is 27.5 Å². The summed E-state index contributed by atoms with van der Waals surface area (Å²) in [5.74, 6) is 0.167. The van der Waals surface area contributed by atoms with Crippen molar-refractivity contribution in [2.45, 2.75) is 25.3 Å². The minimum Gasteiger partial charge on any atom is -0.311 e. The molecule has 26 heavy (non-hydrogen) atoms. The first-order valence-electron chi connectivity index (χ1n) is 9.43. The Hall–Kier alpha value is -2.65. The average molecular weight is 342 g/mol. The third-order valence-electron chi connectivity index (χ3n) is 5.73. The van der Waals surface area contributed by atoms with Crippen LogP contribution >= 0.6 is 0 Å². The number of hydrogen-bond donors (Lipinski definition) is 1. The van der Waals surface area contributed by atoms with Gasteiger partial charge in [0.2, 0.25) is 5.91 Å². The van der Waals surface area contributed by atoms with Gasteiger partial charge in [-0.1, -0.05) is 54.6 Å². The lowest BCUT2D eigenvalue weighted by molar-refractivity contribution is -0.118. The Morgan fingerprint density at radius 1 is 1.00 bits per heavy atom. The number of nitrogens with one attached hydrogen (secondary N) is 1. The molecule has 1 aliphatic heterocycles. The van der Waals surface area contributed by atoms with Crippen LogP contribution in [0.5, 0.6) is 0 Å². The lowest BCUT2D eigenvalue weighted by atomic mass is 10.0. The first-order chi connectivity index (χ1) is 12.8. The number of para-hydroxylation sites is 1. The molecule has 0 fully saturated rings. The topological polar surface area (TPSA) is 32.3 Å². The predicted molar refractivity (Wildman–Crippen MR) is 106 cm³/mol. The molecule has 0 saturated carbocycles. The van der Waals surface area contributed by atoms with Crippen LogP contribution in [-0.4, -0.2) is 19.0 Å². The van der Waals surface area contributed by atoms with Crippen molar-refractivity contribution < 1.29 is 4.79 Å². The van der Waals surface area contributed by atoms with Gasteiger partial charge in [-0.15, -0.1) is 0 Å². The summed E-state index contributed by atoms with van der Waals surface area (Å²) in [7, 11) is 0. The van der Waals surface area contributed by atoms with Crippen LogP contribution in [0.25, 0.3) is 10.8 Å². The molecule has 1 aliphatic carbocycles. The lowest BCUT2D eigenvalue weighted by Gasteiger charge is -2.30. The molecule has 0 aromatic heterocycles. The maximum Gasteiger partial charge on any atom is 0.240 e. The molecule has 3 aromatic carbocycles. The zero-order valence-corrected chi connectivity index (χ0v) is 14.7. The van der Waals surface area contributed by atoms with Crippen molar-refractivity contribution >= 4 is 22.4 Å². The van der Waals surface area contributed by atoms with Crippen molar-refractivity contribution in [1.82, 2.24) is 5.32 Å². The number of carbonyl (C=O) groups is 1. The molecule has 0 bridgehead atoms. The Bertz CT molecular complexity index is 989. The highest BCUT2D eigenvalue weighted by atomic mass is 16.2. The zero-order chi connectivity index (χ0) is 17.5. The Balaban J connectivity index is 1.34. The van der Waals surface area contributed by atoms with Crippen molar-refractivity contribution in [3.05, 3.63) is 77.4 Å². The van der Waals surface area contributed by atoms with Crippen LogP contribution in [0.3, 0.4) is 0 Å². The fourth-order valence-electron chi connectivity index (χ4n) is 4.52. The van der Waals surface area contributed by atoms with Crippen LogP contribution in [0.1, 0.15) is 29.2 Å². The molecule has 0 spiro atoms. The molecule has 3 heteroatoms. The van der Waals surface area contributed by atoms with E-state index >= 15 is 0 Å². The van der Waals surface area contributed by atoms with Crippen LogP contribution in [0.15, 0.2) is 60.7 Å². The lowest BCUT2D eigenvalue weighted by Crippen LogP contribution is -2.42. The normalized spacial score (nSPS) is 18.2. The van der Waals surface area contributed by atoms with E-state index < -0.39 is 0 Å². The highest BCUT2D eigenvalue weighted by Crippen LogP contribution is 2.36. The summed E-state index contributed by atoms with van der Waals surface area (Å²) in [5, 5.41) is 6.18. The van der Waals surface area contributed by atoms with Crippen molar-refractivity contribution in [1.29, 1.82) is 0 Å². The van der Waals surface area contributed by atoms with Crippen LogP contribution in [0.4, 0.5) is 5.69 Å². The number of aryl methyl sites for hydroxylation is 1. The summed E-state index contributed by atoms with van der Waals surface area (Å²) in [5.41, 5.74) is 5.07. The summed E-state index contributed by atoms with van der Waals surface area (Å²) in [6.45, 7) is 1.20. The molecule has 1 unspecified atom stereocenters. The van der Waals surface area contributed by atoms with Crippen molar-refractivity contribution in [3.63, 3.8) is 0 Å².